The summed E-state index contributed by atoms with van der Waals surface area (Å²) in [6, 6.07) is 15.7. The Balaban J connectivity index is 1.78. The van der Waals surface area contributed by atoms with E-state index in [-0.39, 0.29) is 17.7 Å². The zero-order valence-corrected chi connectivity index (χ0v) is 15.5. The minimum absolute atomic E-state index is 0.0101. The van der Waals surface area contributed by atoms with Gasteiger partial charge in [-0.25, -0.2) is 0 Å². The Morgan fingerprint density at radius 2 is 1.88 bits per heavy atom. The van der Waals surface area contributed by atoms with Crippen LogP contribution in [0.1, 0.15) is 50.2 Å². The quantitative estimate of drug-likeness (QED) is 0.833. The molecule has 4 heteroatoms. The number of carbonyl (C=O) groups excluding carboxylic acids is 2. The van der Waals surface area contributed by atoms with Crippen LogP contribution in [0, 0.1) is 0 Å². The van der Waals surface area contributed by atoms with E-state index in [1.165, 1.54) is 0 Å². The van der Waals surface area contributed by atoms with Gasteiger partial charge in [0, 0.05) is 24.3 Å². The fourth-order valence-corrected chi connectivity index (χ4v) is 3.59. The van der Waals surface area contributed by atoms with E-state index < -0.39 is 0 Å². The highest BCUT2D eigenvalue weighted by molar-refractivity contribution is 5.98. The van der Waals surface area contributed by atoms with Gasteiger partial charge in [0.05, 0.1) is 5.92 Å². The summed E-state index contributed by atoms with van der Waals surface area (Å²) in [7, 11) is 0. The SMILES string of the molecule is CCCN1C(=O)CCc2cc(NC(=O)[C@H](CC)c3ccccc3)ccc21. The highest BCUT2D eigenvalue weighted by Crippen LogP contribution is 2.31. The van der Waals surface area contributed by atoms with Crippen molar-refractivity contribution in [3.05, 3.63) is 59.7 Å². The van der Waals surface area contributed by atoms with Crippen molar-refractivity contribution < 1.29 is 9.59 Å². The first-order chi connectivity index (χ1) is 12.6. The van der Waals surface area contributed by atoms with Crippen LogP contribution in [-0.2, 0) is 16.0 Å². The average Bonchev–Trinajstić information content (AvgIpc) is 2.65. The van der Waals surface area contributed by atoms with Crippen LogP contribution in [0.25, 0.3) is 0 Å². The van der Waals surface area contributed by atoms with E-state index in [4.69, 9.17) is 0 Å². The summed E-state index contributed by atoms with van der Waals surface area (Å²) in [5.41, 5.74) is 3.94. The summed E-state index contributed by atoms with van der Waals surface area (Å²) >= 11 is 0. The smallest absolute Gasteiger partial charge is 0.231 e. The third-order valence-corrected chi connectivity index (χ3v) is 4.92. The maximum absolute atomic E-state index is 12.8. The lowest BCUT2D eigenvalue weighted by Gasteiger charge is -2.29. The van der Waals surface area contributed by atoms with Crippen LogP contribution in [0.5, 0.6) is 0 Å². The fraction of sp³-hybridized carbons (Fsp3) is 0.364. The lowest BCUT2D eigenvalue weighted by atomic mass is 9.95. The normalized spacial score (nSPS) is 14.7. The third-order valence-electron chi connectivity index (χ3n) is 4.92. The fourth-order valence-electron chi connectivity index (χ4n) is 3.59. The van der Waals surface area contributed by atoms with E-state index in [2.05, 4.69) is 12.2 Å². The molecule has 0 spiro atoms. The van der Waals surface area contributed by atoms with Crippen LogP contribution < -0.4 is 10.2 Å². The Kier molecular flexibility index (Phi) is 5.71. The minimum Gasteiger partial charge on any atom is -0.326 e. The molecule has 2 aromatic rings. The molecule has 2 aromatic carbocycles. The van der Waals surface area contributed by atoms with Gasteiger partial charge in [-0.15, -0.1) is 0 Å². The third kappa shape index (κ3) is 3.79. The van der Waals surface area contributed by atoms with Crippen LogP contribution in [0.15, 0.2) is 48.5 Å². The maximum atomic E-state index is 12.8. The predicted molar refractivity (Wildman–Crippen MR) is 106 cm³/mol. The number of nitrogens with one attached hydrogen (secondary N) is 1. The molecule has 0 bridgehead atoms. The summed E-state index contributed by atoms with van der Waals surface area (Å²) in [6.45, 7) is 4.84. The lowest BCUT2D eigenvalue weighted by Crippen LogP contribution is -2.35. The van der Waals surface area contributed by atoms with Gasteiger partial charge in [0.25, 0.3) is 0 Å². The Morgan fingerprint density at radius 3 is 2.58 bits per heavy atom. The highest BCUT2D eigenvalue weighted by Gasteiger charge is 2.24. The molecule has 0 saturated carbocycles. The van der Waals surface area contributed by atoms with E-state index in [0.717, 1.165) is 48.3 Å². The molecule has 0 fully saturated rings. The number of rotatable bonds is 6. The standard InChI is InChI=1S/C22H26N2O2/c1-3-14-24-20-12-11-18(15-17(20)10-13-21(24)25)23-22(26)19(4-2)16-8-6-5-7-9-16/h5-9,11-12,15,19H,3-4,10,13-14H2,1-2H3,(H,23,26)/t19-/m1/s1. The maximum Gasteiger partial charge on any atom is 0.231 e. The lowest BCUT2D eigenvalue weighted by molar-refractivity contribution is -0.119. The Hall–Kier alpha value is -2.62. The van der Waals surface area contributed by atoms with E-state index in [9.17, 15) is 9.59 Å². The van der Waals surface area contributed by atoms with E-state index in [1.807, 2.05) is 60.4 Å². The number of fused-ring (bicyclic) bond motifs is 1. The summed E-state index contributed by atoms with van der Waals surface area (Å²) < 4.78 is 0. The number of hydrogen-bond donors (Lipinski definition) is 1. The molecule has 1 aliphatic heterocycles. The Labute approximate surface area is 155 Å². The van der Waals surface area contributed by atoms with Crippen LogP contribution in [-0.4, -0.2) is 18.4 Å². The molecule has 26 heavy (non-hydrogen) atoms. The van der Waals surface area contributed by atoms with Gasteiger partial charge in [-0.2, -0.15) is 0 Å². The highest BCUT2D eigenvalue weighted by atomic mass is 16.2. The van der Waals surface area contributed by atoms with Crippen molar-refractivity contribution in [1.29, 1.82) is 0 Å². The van der Waals surface area contributed by atoms with Crippen molar-refractivity contribution in [3.63, 3.8) is 0 Å². The molecular formula is C22H26N2O2. The molecule has 2 amide bonds. The van der Waals surface area contributed by atoms with Gasteiger partial charge in [0.1, 0.15) is 0 Å². The molecule has 0 aromatic heterocycles. The average molecular weight is 350 g/mol. The second kappa shape index (κ2) is 8.17. The number of carbonyl (C=O) groups is 2. The van der Waals surface area contributed by atoms with E-state index in [1.54, 1.807) is 0 Å². The molecule has 0 unspecified atom stereocenters. The monoisotopic (exact) mass is 350 g/mol. The van der Waals surface area contributed by atoms with Crippen LogP contribution >= 0.6 is 0 Å². The molecule has 4 nitrogen and oxygen atoms in total. The number of anilines is 2. The predicted octanol–water partition coefficient (Wildman–Crippen LogP) is 4.51. The van der Waals surface area contributed by atoms with E-state index in [0.29, 0.717) is 6.42 Å². The minimum atomic E-state index is -0.162. The molecule has 0 aliphatic carbocycles. The molecule has 1 atom stereocenters. The second-order valence-corrected chi connectivity index (χ2v) is 6.75. The van der Waals surface area contributed by atoms with Crippen LogP contribution in [0.4, 0.5) is 11.4 Å². The number of benzene rings is 2. The van der Waals surface area contributed by atoms with Crippen molar-refractivity contribution in [1.82, 2.24) is 0 Å². The summed E-state index contributed by atoms with van der Waals surface area (Å²) in [6.07, 6.45) is 2.94. The topological polar surface area (TPSA) is 49.4 Å². The van der Waals surface area contributed by atoms with Gasteiger partial charge in [-0.05, 0) is 48.6 Å². The molecule has 0 radical (unpaired) electrons. The number of amides is 2. The van der Waals surface area contributed by atoms with Crippen molar-refractivity contribution in [2.45, 2.75) is 45.4 Å². The summed E-state index contributed by atoms with van der Waals surface area (Å²) in [5, 5.41) is 3.06. The summed E-state index contributed by atoms with van der Waals surface area (Å²) in [4.78, 5) is 26.8. The van der Waals surface area contributed by atoms with Gasteiger partial charge >= 0.3 is 0 Å². The first-order valence-corrected chi connectivity index (χ1v) is 9.43. The molecule has 3 rings (SSSR count). The van der Waals surface area contributed by atoms with Gasteiger partial charge in [0.2, 0.25) is 11.8 Å². The molecule has 136 valence electrons. The van der Waals surface area contributed by atoms with Gasteiger partial charge in [-0.3, -0.25) is 9.59 Å². The van der Waals surface area contributed by atoms with Crippen LogP contribution in [0.3, 0.4) is 0 Å². The molecule has 0 saturated heterocycles. The number of aryl methyl sites for hydroxylation is 1. The number of nitrogens with zero attached hydrogens (tertiary/aromatic N) is 1. The van der Waals surface area contributed by atoms with Crippen molar-refractivity contribution in [3.8, 4) is 0 Å². The number of hydrogen-bond acceptors (Lipinski definition) is 2. The zero-order valence-electron chi connectivity index (χ0n) is 15.5. The molecular weight excluding hydrogens is 324 g/mol. The Bertz CT molecular complexity index is 786. The molecule has 1 N–H and O–H groups in total. The van der Waals surface area contributed by atoms with Crippen LogP contribution in [0.2, 0.25) is 0 Å². The van der Waals surface area contributed by atoms with Crippen molar-refractivity contribution in [2.24, 2.45) is 0 Å². The summed E-state index contributed by atoms with van der Waals surface area (Å²) in [5.74, 6) is 0.0348. The van der Waals surface area contributed by atoms with E-state index >= 15 is 0 Å². The Morgan fingerprint density at radius 1 is 1.12 bits per heavy atom. The van der Waals surface area contributed by atoms with Gasteiger partial charge in [-0.1, -0.05) is 44.2 Å². The van der Waals surface area contributed by atoms with Gasteiger partial charge < -0.3 is 10.2 Å². The van der Waals surface area contributed by atoms with Gasteiger partial charge in [0.15, 0.2) is 0 Å². The molecule has 1 heterocycles. The van der Waals surface area contributed by atoms with Crippen molar-refractivity contribution >= 4 is 23.2 Å². The van der Waals surface area contributed by atoms with Crippen molar-refractivity contribution in [2.75, 3.05) is 16.8 Å². The first kappa shape index (κ1) is 18.2. The molecule has 1 aliphatic rings. The largest absolute Gasteiger partial charge is 0.326 e. The zero-order chi connectivity index (χ0) is 18.5. The second-order valence-electron chi connectivity index (χ2n) is 6.75. The first-order valence-electron chi connectivity index (χ1n) is 9.43.